The topological polar surface area (TPSA) is 57.6 Å². The Morgan fingerprint density at radius 3 is 2.65 bits per heavy atom. The number of amides is 1. The Morgan fingerprint density at radius 2 is 2.10 bits per heavy atom. The standard InChI is InChI=1S/C15H18ClNO3/c1-9-7-17(8-13(9)15(19)20)14(18)10(2)11-4-3-5-12(16)6-11/h3-6,9-10,13H,7-8H2,1-2H3,(H,19,20)/t9-,10?,13-/m1/s1. The van der Waals surface area contributed by atoms with Crippen molar-refractivity contribution in [1.29, 1.82) is 0 Å². The molecule has 1 aliphatic heterocycles. The van der Waals surface area contributed by atoms with E-state index in [9.17, 15) is 9.59 Å². The normalized spacial score (nSPS) is 23.6. The third-order valence-electron chi connectivity index (χ3n) is 3.96. The first-order valence-electron chi connectivity index (χ1n) is 6.67. The van der Waals surface area contributed by atoms with Gasteiger partial charge in [-0.1, -0.05) is 30.7 Å². The fourth-order valence-corrected chi connectivity index (χ4v) is 2.86. The Hall–Kier alpha value is -1.55. The Kier molecular flexibility index (Phi) is 4.33. The second kappa shape index (κ2) is 5.83. The van der Waals surface area contributed by atoms with Crippen molar-refractivity contribution < 1.29 is 14.7 Å². The van der Waals surface area contributed by atoms with Crippen LogP contribution < -0.4 is 0 Å². The average molecular weight is 296 g/mol. The van der Waals surface area contributed by atoms with E-state index in [1.807, 2.05) is 26.0 Å². The molecule has 0 aromatic heterocycles. The van der Waals surface area contributed by atoms with Crippen LogP contribution in [-0.2, 0) is 9.59 Å². The lowest BCUT2D eigenvalue weighted by atomic mass is 9.99. The maximum atomic E-state index is 12.5. The number of carbonyl (C=O) groups is 2. The van der Waals surface area contributed by atoms with Crippen LogP contribution >= 0.6 is 11.6 Å². The number of carboxylic acid groups (broad SMARTS) is 1. The van der Waals surface area contributed by atoms with Crippen LogP contribution in [0.5, 0.6) is 0 Å². The molecule has 0 saturated carbocycles. The molecule has 1 unspecified atom stereocenters. The molecule has 0 radical (unpaired) electrons. The quantitative estimate of drug-likeness (QED) is 0.932. The van der Waals surface area contributed by atoms with E-state index in [2.05, 4.69) is 0 Å². The van der Waals surface area contributed by atoms with Crippen molar-refractivity contribution in [2.24, 2.45) is 11.8 Å². The van der Waals surface area contributed by atoms with Gasteiger partial charge in [-0.25, -0.2) is 0 Å². The van der Waals surface area contributed by atoms with E-state index in [1.54, 1.807) is 17.0 Å². The molecular formula is C15H18ClNO3. The zero-order chi connectivity index (χ0) is 14.9. The molecule has 1 aromatic carbocycles. The third-order valence-corrected chi connectivity index (χ3v) is 4.20. The lowest BCUT2D eigenvalue weighted by Crippen LogP contribution is -2.33. The number of rotatable bonds is 3. The van der Waals surface area contributed by atoms with Gasteiger partial charge in [-0.3, -0.25) is 9.59 Å². The number of hydrogen-bond acceptors (Lipinski definition) is 2. The van der Waals surface area contributed by atoms with Crippen LogP contribution in [0.25, 0.3) is 0 Å². The van der Waals surface area contributed by atoms with Gasteiger partial charge in [0.15, 0.2) is 0 Å². The van der Waals surface area contributed by atoms with Gasteiger partial charge >= 0.3 is 5.97 Å². The summed E-state index contributed by atoms with van der Waals surface area (Å²) in [5.74, 6) is -1.66. The second-order valence-electron chi connectivity index (χ2n) is 5.44. The zero-order valence-corrected chi connectivity index (χ0v) is 12.3. The molecule has 3 atom stereocenters. The van der Waals surface area contributed by atoms with Crippen LogP contribution in [-0.4, -0.2) is 35.0 Å². The smallest absolute Gasteiger partial charge is 0.308 e. The van der Waals surface area contributed by atoms with Crippen molar-refractivity contribution in [3.05, 3.63) is 34.9 Å². The highest BCUT2D eigenvalue weighted by Gasteiger charge is 2.38. The number of likely N-dealkylation sites (tertiary alicyclic amines) is 1. The highest BCUT2D eigenvalue weighted by atomic mass is 35.5. The van der Waals surface area contributed by atoms with E-state index in [4.69, 9.17) is 16.7 Å². The fraction of sp³-hybridized carbons (Fsp3) is 0.467. The first-order valence-corrected chi connectivity index (χ1v) is 7.05. The van der Waals surface area contributed by atoms with Crippen LogP contribution in [0.1, 0.15) is 25.3 Å². The lowest BCUT2D eigenvalue weighted by molar-refractivity contribution is -0.142. The monoisotopic (exact) mass is 295 g/mol. The van der Waals surface area contributed by atoms with Crippen LogP contribution in [0, 0.1) is 11.8 Å². The van der Waals surface area contributed by atoms with Gasteiger partial charge in [0.25, 0.3) is 0 Å². The van der Waals surface area contributed by atoms with E-state index in [0.717, 1.165) is 5.56 Å². The molecule has 1 amide bonds. The minimum absolute atomic E-state index is 0.0111. The molecule has 0 spiro atoms. The summed E-state index contributed by atoms with van der Waals surface area (Å²) in [7, 11) is 0. The molecule has 0 bridgehead atoms. The first-order chi connectivity index (χ1) is 9.40. The SMILES string of the molecule is CC(C(=O)N1C[C@@H](C)[C@H](C(=O)O)C1)c1cccc(Cl)c1. The minimum Gasteiger partial charge on any atom is -0.481 e. The maximum absolute atomic E-state index is 12.5. The number of nitrogens with zero attached hydrogens (tertiary/aromatic N) is 1. The Balaban J connectivity index is 2.10. The molecule has 1 saturated heterocycles. The van der Waals surface area contributed by atoms with Crippen molar-refractivity contribution in [3.63, 3.8) is 0 Å². The molecule has 1 fully saturated rings. The Morgan fingerprint density at radius 1 is 1.40 bits per heavy atom. The van der Waals surface area contributed by atoms with E-state index >= 15 is 0 Å². The summed E-state index contributed by atoms with van der Waals surface area (Å²) < 4.78 is 0. The Bertz CT molecular complexity index is 532. The van der Waals surface area contributed by atoms with Gasteiger partial charge < -0.3 is 10.0 Å². The van der Waals surface area contributed by atoms with Gasteiger partial charge in [0, 0.05) is 18.1 Å². The zero-order valence-electron chi connectivity index (χ0n) is 11.5. The van der Waals surface area contributed by atoms with Crippen molar-refractivity contribution in [3.8, 4) is 0 Å². The Labute approximate surface area is 123 Å². The van der Waals surface area contributed by atoms with E-state index in [0.29, 0.717) is 18.1 Å². The number of hydrogen-bond donors (Lipinski definition) is 1. The molecule has 5 heteroatoms. The maximum Gasteiger partial charge on any atom is 0.308 e. The van der Waals surface area contributed by atoms with Gasteiger partial charge in [0.05, 0.1) is 11.8 Å². The predicted octanol–water partition coefficient (Wildman–Crippen LogP) is 2.62. The van der Waals surface area contributed by atoms with Gasteiger partial charge in [0.2, 0.25) is 5.91 Å². The molecule has 20 heavy (non-hydrogen) atoms. The summed E-state index contributed by atoms with van der Waals surface area (Å²) >= 11 is 5.94. The number of carbonyl (C=O) groups excluding carboxylic acids is 1. The number of aliphatic carboxylic acids is 1. The van der Waals surface area contributed by atoms with Gasteiger partial charge in [-0.05, 0) is 30.5 Å². The van der Waals surface area contributed by atoms with Crippen molar-refractivity contribution in [1.82, 2.24) is 4.90 Å². The van der Waals surface area contributed by atoms with Gasteiger partial charge in [0.1, 0.15) is 0 Å². The lowest BCUT2D eigenvalue weighted by Gasteiger charge is -2.21. The minimum atomic E-state index is -0.830. The largest absolute Gasteiger partial charge is 0.481 e. The predicted molar refractivity (Wildman–Crippen MR) is 76.7 cm³/mol. The van der Waals surface area contributed by atoms with Crippen LogP contribution in [0.2, 0.25) is 5.02 Å². The summed E-state index contributed by atoms with van der Waals surface area (Å²) in [5, 5.41) is 9.72. The molecule has 2 rings (SSSR count). The van der Waals surface area contributed by atoms with E-state index < -0.39 is 11.9 Å². The van der Waals surface area contributed by atoms with Crippen molar-refractivity contribution in [2.45, 2.75) is 19.8 Å². The van der Waals surface area contributed by atoms with Crippen molar-refractivity contribution >= 4 is 23.5 Å². The van der Waals surface area contributed by atoms with E-state index in [-0.39, 0.29) is 17.7 Å². The number of halogens is 1. The van der Waals surface area contributed by atoms with Crippen molar-refractivity contribution in [2.75, 3.05) is 13.1 Å². The summed E-state index contributed by atoms with van der Waals surface area (Å²) in [5.41, 5.74) is 0.855. The van der Waals surface area contributed by atoms with Crippen LogP contribution in [0.3, 0.4) is 0 Å². The van der Waals surface area contributed by atoms with Gasteiger partial charge in [-0.2, -0.15) is 0 Å². The molecule has 4 nitrogen and oxygen atoms in total. The first kappa shape index (κ1) is 14.9. The molecular weight excluding hydrogens is 278 g/mol. The molecule has 1 aromatic rings. The van der Waals surface area contributed by atoms with Crippen LogP contribution in [0.15, 0.2) is 24.3 Å². The summed E-state index contributed by atoms with van der Waals surface area (Å²) in [4.78, 5) is 25.2. The number of carboxylic acids is 1. The molecule has 1 aliphatic rings. The molecule has 1 heterocycles. The van der Waals surface area contributed by atoms with E-state index in [1.165, 1.54) is 0 Å². The molecule has 108 valence electrons. The summed E-state index contributed by atoms with van der Waals surface area (Å²) in [6.07, 6.45) is 0. The summed E-state index contributed by atoms with van der Waals surface area (Å²) in [6, 6.07) is 7.22. The average Bonchev–Trinajstić information content (AvgIpc) is 2.79. The second-order valence-corrected chi connectivity index (χ2v) is 5.88. The number of benzene rings is 1. The van der Waals surface area contributed by atoms with Gasteiger partial charge in [-0.15, -0.1) is 0 Å². The summed E-state index contributed by atoms with van der Waals surface area (Å²) in [6.45, 7) is 4.49. The highest BCUT2D eigenvalue weighted by Crippen LogP contribution is 2.28. The molecule has 0 aliphatic carbocycles. The third kappa shape index (κ3) is 2.96. The fourth-order valence-electron chi connectivity index (χ4n) is 2.66. The van der Waals surface area contributed by atoms with Crippen LogP contribution in [0.4, 0.5) is 0 Å². The highest BCUT2D eigenvalue weighted by molar-refractivity contribution is 6.30. The molecule has 1 N–H and O–H groups in total.